The zero-order chi connectivity index (χ0) is 23.2. The summed E-state index contributed by atoms with van der Waals surface area (Å²) >= 11 is 0. The Hall–Kier alpha value is -3.20. The SMILES string of the molecule is O=C(CN1CCC(NC[C@H](O)c2ccc(O)c3[nH]c(=O)ccc23)CC1)OCc1ccccc1. The average Bonchev–Trinajstić information content (AvgIpc) is 2.83. The van der Waals surface area contributed by atoms with Crippen molar-refractivity contribution in [3.05, 3.63) is 76.1 Å². The molecular weight excluding hydrogens is 422 g/mol. The van der Waals surface area contributed by atoms with Gasteiger partial charge in [-0.25, -0.2) is 0 Å². The molecule has 3 aromatic rings. The molecule has 1 atom stereocenters. The Morgan fingerprint density at radius 3 is 2.64 bits per heavy atom. The van der Waals surface area contributed by atoms with Crippen LogP contribution in [0, 0.1) is 0 Å². The largest absolute Gasteiger partial charge is 0.506 e. The number of aliphatic hydroxyl groups excluding tert-OH is 1. The van der Waals surface area contributed by atoms with Crippen LogP contribution in [0.25, 0.3) is 10.9 Å². The Morgan fingerprint density at radius 1 is 1.12 bits per heavy atom. The van der Waals surface area contributed by atoms with Crippen LogP contribution in [0.5, 0.6) is 5.75 Å². The number of piperidine rings is 1. The molecule has 0 amide bonds. The number of carbonyl (C=O) groups excluding carboxylic acids is 1. The Morgan fingerprint density at radius 2 is 1.88 bits per heavy atom. The number of aromatic hydroxyl groups is 1. The van der Waals surface area contributed by atoms with Gasteiger partial charge in [0.05, 0.1) is 18.2 Å². The van der Waals surface area contributed by atoms with Crippen molar-refractivity contribution in [2.45, 2.75) is 31.6 Å². The second-order valence-electron chi connectivity index (χ2n) is 8.41. The third-order valence-electron chi connectivity index (χ3n) is 6.05. The number of nitrogens with one attached hydrogen (secondary N) is 2. The Kier molecular flexibility index (Phi) is 7.39. The number of phenolic OH excluding ortho intramolecular Hbond substituents is 1. The highest BCUT2D eigenvalue weighted by Crippen LogP contribution is 2.28. The second kappa shape index (κ2) is 10.6. The van der Waals surface area contributed by atoms with E-state index in [9.17, 15) is 19.8 Å². The summed E-state index contributed by atoms with van der Waals surface area (Å²) in [4.78, 5) is 28.4. The maximum atomic E-state index is 12.1. The van der Waals surface area contributed by atoms with Gasteiger partial charge in [0.2, 0.25) is 5.56 Å². The summed E-state index contributed by atoms with van der Waals surface area (Å²) in [5.41, 5.74) is 1.63. The lowest BCUT2D eigenvalue weighted by molar-refractivity contribution is -0.146. The lowest BCUT2D eigenvalue weighted by Crippen LogP contribution is -2.45. The molecule has 2 heterocycles. The van der Waals surface area contributed by atoms with Crippen molar-refractivity contribution in [1.29, 1.82) is 0 Å². The molecule has 1 aliphatic heterocycles. The third-order valence-corrected chi connectivity index (χ3v) is 6.05. The predicted molar refractivity (Wildman–Crippen MR) is 125 cm³/mol. The molecule has 1 aliphatic rings. The van der Waals surface area contributed by atoms with Crippen molar-refractivity contribution in [1.82, 2.24) is 15.2 Å². The van der Waals surface area contributed by atoms with Crippen LogP contribution in [0.2, 0.25) is 0 Å². The first-order valence-corrected chi connectivity index (χ1v) is 11.2. The minimum absolute atomic E-state index is 0.0266. The number of rotatable bonds is 8. The highest BCUT2D eigenvalue weighted by molar-refractivity contribution is 5.87. The van der Waals surface area contributed by atoms with Crippen LogP contribution < -0.4 is 10.9 Å². The van der Waals surface area contributed by atoms with Gasteiger partial charge in [0, 0.05) is 37.1 Å². The van der Waals surface area contributed by atoms with Crippen LogP contribution in [0.1, 0.15) is 30.1 Å². The van der Waals surface area contributed by atoms with Crippen molar-refractivity contribution < 1.29 is 19.7 Å². The van der Waals surface area contributed by atoms with E-state index in [1.165, 1.54) is 12.1 Å². The maximum absolute atomic E-state index is 12.1. The number of aromatic nitrogens is 1. The van der Waals surface area contributed by atoms with E-state index in [2.05, 4.69) is 15.2 Å². The number of likely N-dealkylation sites (tertiary alicyclic amines) is 1. The highest BCUT2D eigenvalue weighted by Gasteiger charge is 2.22. The smallest absolute Gasteiger partial charge is 0.320 e. The quantitative estimate of drug-likeness (QED) is 0.388. The number of esters is 1. The van der Waals surface area contributed by atoms with Crippen LogP contribution in [0.3, 0.4) is 0 Å². The second-order valence-corrected chi connectivity index (χ2v) is 8.41. The molecule has 1 fully saturated rings. The molecule has 4 N–H and O–H groups in total. The number of carbonyl (C=O) groups is 1. The van der Waals surface area contributed by atoms with Crippen LogP contribution in [-0.2, 0) is 16.1 Å². The normalized spacial score (nSPS) is 16.0. The zero-order valence-corrected chi connectivity index (χ0v) is 18.4. The number of aromatic amines is 1. The van der Waals surface area contributed by atoms with Crippen molar-refractivity contribution in [3.63, 3.8) is 0 Å². The number of aliphatic hydroxyl groups is 1. The van der Waals surface area contributed by atoms with Gasteiger partial charge in [0.1, 0.15) is 12.4 Å². The van der Waals surface area contributed by atoms with Crippen molar-refractivity contribution in [3.8, 4) is 5.75 Å². The fraction of sp³-hybridized carbons (Fsp3) is 0.360. The first-order valence-electron chi connectivity index (χ1n) is 11.2. The van der Waals surface area contributed by atoms with Crippen LogP contribution in [-0.4, -0.2) is 58.3 Å². The molecule has 0 bridgehead atoms. The molecule has 0 spiro atoms. The van der Waals surface area contributed by atoms with Gasteiger partial charge in [0.15, 0.2) is 0 Å². The fourth-order valence-corrected chi connectivity index (χ4v) is 4.20. The summed E-state index contributed by atoms with van der Waals surface area (Å²) in [6, 6.07) is 16.0. The molecule has 8 heteroatoms. The minimum Gasteiger partial charge on any atom is -0.506 e. The van der Waals surface area contributed by atoms with Gasteiger partial charge < -0.3 is 25.3 Å². The van der Waals surface area contributed by atoms with Crippen molar-refractivity contribution >= 4 is 16.9 Å². The Labute approximate surface area is 191 Å². The molecule has 0 saturated carbocycles. The maximum Gasteiger partial charge on any atom is 0.320 e. The number of nitrogens with zero attached hydrogens (tertiary/aromatic N) is 1. The van der Waals surface area contributed by atoms with E-state index in [0.717, 1.165) is 31.5 Å². The van der Waals surface area contributed by atoms with Gasteiger partial charge in [0.25, 0.3) is 0 Å². The standard InChI is InChI=1S/C25H29N3O5/c29-21-8-6-19(20-7-9-23(31)27-25(20)21)22(30)14-26-18-10-12-28(13-11-18)15-24(32)33-16-17-4-2-1-3-5-17/h1-9,18,22,26,29-30H,10-16H2,(H,27,31)/t22-/m0/s1. The van der Waals surface area contributed by atoms with Gasteiger partial charge in [-0.1, -0.05) is 36.4 Å². The summed E-state index contributed by atoms with van der Waals surface area (Å²) in [6.07, 6.45) is 0.940. The van der Waals surface area contributed by atoms with Gasteiger partial charge in [-0.2, -0.15) is 0 Å². The lowest BCUT2D eigenvalue weighted by atomic mass is 10.0. The molecule has 0 radical (unpaired) electrons. The monoisotopic (exact) mass is 451 g/mol. The molecule has 8 nitrogen and oxygen atoms in total. The molecule has 1 aromatic heterocycles. The summed E-state index contributed by atoms with van der Waals surface area (Å²) in [5.74, 6) is -0.251. The predicted octanol–water partition coefficient (Wildman–Crippen LogP) is 2.06. The number of ether oxygens (including phenoxy) is 1. The molecule has 2 aromatic carbocycles. The summed E-state index contributed by atoms with van der Waals surface area (Å²) in [6.45, 7) is 2.47. The van der Waals surface area contributed by atoms with Crippen LogP contribution in [0.4, 0.5) is 0 Å². The average molecular weight is 452 g/mol. The van der Waals surface area contributed by atoms with Crippen molar-refractivity contribution in [2.75, 3.05) is 26.2 Å². The van der Waals surface area contributed by atoms with E-state index >= 15 is 0 Å². The molecule has 1 saturated heterocycles. The van der Waals surface area contributed by atoms with E-state index in [1.807, 2.05) is 30.3 Å². The van der Waals surface area contributed by atoms with E-state index in [1.54, 1.807) is 12.1 Å². The van der Waals surface area contributed by atoms with E-state index in [0.29, 0.717) is 23.0 Å². The van der Waals surface area contributed by atoms with E-state index in [4.69, 9.17) is 4.74 Å². The number of phenols is 1. The van der Waals surface area contributed by atoms with Crippen LogP contribution >= 0.6 is 0 Å². The zero-order valence-electron chi connectivity index (χ0n) is 18.4. The number of benzene rings is 2. The molecule has 0 unspecified atom stereocenters. The highest BCUT2D eigenvalue weighted by atomic mass is 16.5. The van der Waals surface area contributed by atoms with Crippen LogP contribution in [0.15, 0.2) is 59.4 Å². The topological polar surface area (TPSA) is 115 Å². The summed E-state index contributed by atoms with van der Waals surface area (Å²) < 4.78 is 5.37. The van der Waals surface area contributed by atoms with Gasteiger partial charge in [-0.15, -0.1) is 0 Å². The Balaban J connectivity index is 1.23. The molecule has 4 rings (SSSR count). The van der Waals surface area contributed by atoms with Crippen molar-refractivity contribution in [2.24, 2.45) is 0 Å². The first-order chi connectivity index (χ1) is 16.0. The van der Waals surface area contributed by atoms with E-state index < -0.39 is 6.10 Å². The van der Waals surface area contributed by atoms with E-state index in [-0.39, 0.29) is 36.5 Å². The van der Waals surface area contributed by atoms with Gasteiger partial charge in [-0.05, 0) is 36.1 Å². The fourth-order valence-electron chi connectivity index (χ4n) is 4.20. The number of fused-ring (bicyclic) bond motifs is 1. The van der Waals surface area contributed by atoms with Gasteiger partial charge in [-0.3, -0.25) is 14.5 Å². The number of hydrogen-bond acceptors (Lipinski definition) is 7. The summed E-state index contributed by atoms with van der Waals surface area (Å²) in [5, 5.41) is 24.8. The number of hydrogen-bond donors (Lipinski definition) is 4. The summed E-state index contributed by atoms with van der Waals surface area (Å²) in [7, 11) is 0. The first kappa shape index (κ1) is 23.0. The molecule has 33 heavy (non-hydrogen) atoms. The minimum atomic E-state index is -0.787. The number of pyridine rings is 1. The van der Waals surface area contributed by atoms with Gasteiger partial charge >= 0.3 is 5.97 Å². The molecule has 174 valence electrons. The molecular formula is C25H29N3O5. The Bertz CT molecular complexity index is 1140. The molecule has 0 aliphatic carbocycles. The lowest BCUT2D eigenvalue weighted by Gasteiger charge is -2.32. The number of H-pyrrole nitrogens is 1. The third kappa shape index (κ3) is 5.98.